The Kier molecular flexibility index (Phi) is 5.20. The number of pyridine rings is 1. The highest BCUT2D eigenvalue weighted by Crippen LogP contribution is 2.27. The van der Waals surface area contributed by atoms with Crippen LogP contribution in [0.3, 0.4) is 0 Å². The monoisotopic (exact) mass is 261 g/mol. The third-order valence-corrected chi connectivity index (χ3v) is 4.33. The van der Waals surface area contributed by atoms with Gasteiger partial charge in [-0.2, -0.15) is 0 Å². The highest BCUT2D eigenvalue weighted by atomic mass is 15.1. The minimum Gasteiger partial charge on any atom is -0.373 e. The van der Waals surface area contributed by atoms with Crippen molar-refractivity contribution in [3.63, 3.8) is 0 Å². The molecule has 1 unspecified atom stereocenters. The van der Waals surface area contributed by atoms with Gasteiger partial charge in [-0.1, -0.05) is 19.8 Å². The lowest BCUT2D eigenvalue weighted by molar-refractivity contribution is 0.545. The highest BCUT2D eigenvalue weighted by molar-refractivity contribution is 5.44. The van der Waals surface area contributed by atoms with Crippen LogP contribution in [0.2, 0.25) is 0 Å². The number of hydrogen-bond donors (Lipinski definition) is 1. The maximum atomic E-state index is 4.61. The minimum atomic E-state index is 0.370. The number of anilines is 1. The molecule has 1 aliphatic rings. The molecule has 1 aliphatic carbocycles. The van der Waals surface area contributed by atoms with E-state index in [0.29, 0.717) is 6.04 Å². The van der Waals surface area contributed by atoms with Gasteiger partial charge in [0.25, 0.3) is 0 Å². The van der Waals surface area contributed by atoms with Crippen LogP contribution >= 0.6 is 0 Å². The van der Waals surface area contributed by atoms with Crippen molar-refractivity contribution in [2.45, 2.75) is 45.1 Å². The maximum absolute atomic E-state index is 4.61. The molecule has 0 bridgehead atoms. The van der Waals surface area contributed by atoms with E-state index in [9.17, 15) is 0 Å². The Morgan fingerprint density at radius 3 is 2.63 bits per heavy atom. The molecule has 1 atom stereocenters. The summed E-state index contributed by atoms with van der Waals surface area (Å²) in [5, 5.41) is 3.30. The quantitative estimate of drug-likeness (QED) is 0.851. The smallest absolute Gasteiger partial charge is 0.0574 e. The Balaban J connectivity index is 1.96. The number of nitrogens with one attached hydrogen (secondary N) is 1. The summed E-state index contributed by atoms with van der Waals surface area (Å²) < 4.78 is 0. The molecular weight excluding hydrogens is 234 g/mol. The van der Waals surface area contributed by atoms with E-state index in [4.69, 9.17) is 0 Å². The molecule has 0 amide bonds. The number of nitrogens with zero attached hydrogens (tertiary/aromatic N) is 2. The lowest BCUT2D eigenvalue weighted by Crippen LogP contribution is -2.24. The Labute approximate surface area is 117 Å². The summed E-state index contributed by atoms with van der Waals surface area (Å²) in [6, 6.07) is 4.73. The second kappa shape index (κ2) is 6.90. The van der Waals surface area contributed by atoms with Gasteiger partial charge < -0.3 is 10.2 Å². The fourth-order valence-electron chi connectivity index (χ4n) is 3.08. The molecule has 3 nitrogen and oxygen atoms in total. The summed E-state index contributed by atoms with van der Waals surface area (Å²) in [5.74, 6) is 0.880. The molecule has 106 valence electrons. The lowest BCUT2D eigenvalue weighted by atomic mass is 10.1. The van der Waals surface area contributed by atoms with E-state index in [-0.39, 0.29) is 0 Å². The van der Waals surface area contributed by atoms with E-state index in [2.05, 4.69) is 41.3 Å². The van der Waals surface area contributed by atoms with Gasteiger partial charge in [0.15, 0.2) is 0 Å². The van der Waals surface area contributed by atoms with Gasteiger partial charge in [-0.3, -0.25) is 4.98 Å². The second-order valence-corrected chi connectivity index (χ2v) is 5.72. The van der Waals surface area contributed by atoms with Crippen molar-refractivity contribution >= 4 is 5.69 Å². The lowest BCUT2D eigenvalue weighted by Gasteiger charge is -2.23. The predicted molar refractivity (Wildman–Crippen MR) is 81.6 cm³/mol. The maximum Gasteiger partial charge on any atom is 0.0574 e. The zero-order valence-corrected chi connectivity index (χ0v) is 12.5. The molecule has 0 spiro atoms. The van der Waals surface area contributed by atoms with Gasteiger partial charge >= 0.3 is 0 Å². The Morgan fingerprint density at radius 2 is 2.11 bits per heavy atom. The molecule has 0 saturated heterocycles. The van der Waals surface area contributed by atoms with Gasteiger partial charge in [0, 0.05) is 19.6 Å². The average molecular weight is 261 g/mol. The Morgan fingerprint density at radius 1 is 1.37 bits per heavy atom. The van der Waals surface area contributed by atoms with Crippen molar-refractivity contribution in [2.24, 2.45) is 5.92 Å². The molecule has 0 aromatic carbocycles. The van der Waals surface area contributed by atoms with Crippen LogP contribution in [-0.2, 0) is 0 Å². The van der Waals surface area contributed by atoms with Crippen molar-refractivity contribution in [1.82, 2.24) is 10.3 Å². The average Bonchev–Trinajstić information content (AvgIpc) is 2.94. The molecule has 1 heterocycles. The summed E-state index contributed by atoms with van der Waals surface area (Å²) in [7, 11) is 4.18. The van der Waals surface area contributed by atoms with Gasteiger partial charge in [0.2, 0.25) is 0 Å². The first-order chi connectivity index (χ1) is 9.24. The van der Waals surface area contributed by atoms with E-state index >= 15 is 0 Å². The third kappa shape index (κ3) is 3.69. The molecule has 1 aromatic rings. The van der Waals surface area contributed by atoms with Crippen LogP contribution in [-0.4, -0.2) is 25.6 Å². The summed E-state index contributed by atoms with van der Waals surface area (Å²) in [6.07, 6.45) is 8.71. The standard InChI is InChI=1S/C16H27N3/c1-4-15(17-2)16-10-9-14(11-18-16)19(3)12-13-7-5-6-8-13/h9-11,13,15,17H,4-8,12H2,1-3H3. The summed E-state index contributed by atoms with van der Waals surface area (Å²) in [4.78, 5) is 6.97. The van der Waals surface area contributed by atoms with Crippen molar-refractivity contribution < 1.29 is 0 Å². The van der Waals surface area contributed by atoms with Gasteiger partial charge in [-0.15, -0.1) is 0 Å². The fraction of sp³-hybridized carbons (Fsp3) is 0.688. The van der Waals surface area contributed by atoms with Gasteiger partial charge in [0.1, 0.15) is 0 Å². The SMILES string of the molecule is CCC(NC)c1ccc(N(C)CC2CCCC2)cn1. The molecule has 2 rings (SSSR count). The molecule has 3 heteroatoms. The Bertz CT molecular complexity index is 364. The van der Waals surface area contributed by atoms with E-state index in [1.165, 1.54) is 37.9 Å². The molecule has 1 aromatic heterocycles. The molecule has 1 fully saturated rings. The number of rotatable bonds is 6. The van der Waals surface area contributed by atoms with E-state index in [1.54, 1.807) is 0 Å². The van der Waals surface area contributed by atoms with Crippen molar-refractivity contribution in [3.8, 4) is 0 Å². The van der Waals surface area contributed by atoms with E-state index in [0.717, 1.165) is 18.0 Å². The largest absolute Gasteiger partial charge is 0.373 e. The normalized spacial score (nSPS) is 17.6. The first-order valence-corrected chi connectivity index (χ1v) is 7.59. The van der Waals surface area contributed by atoms with Crippen LogP contribution in [0.1, 0.15) is 50.8 Å². The van der Waals surface area contributed by atoms with Gasteiger partial charge in [-0.05, 0) is 44.4 Å². The zero-order chi connectivity index (χ0) is 13.7. The van der Waals surface area contributed by atoms with Crippen LogP contribution in [0, 0.1) is 5.92 Å². The second-order valence-electron chi connectivity index (χ2n) is 5.72. The fourth-order valence-corrected chi connectivity index (χ4v) is 3.08. The molecule has 0 radical (unpaired) electrons. The van der Waals surface area contributed by atoms with E-state index in [1.807, 2.05) is 13.2 Å². The van der Waals surface area contributed by atoms with Gasteiger partial charge in [-0.25, -0.2) is 0 Å². The molecule has 0 aliphatic heterocycles. The van der Waals surface area contributed by atoms with Crippen molar-refractivity contribution in [1.29, 1.82) is 0 Å². The molecule has 1 N–H and O–H groups in total. The molecule has 1 saturated carbocycles. The minimum absolute atomic E-state index is 0.370. The van der Waals surface area contributed by atoms with Crippen LogP contribution < -0.4 is 10.2 Å². The molecular formula is C16H27N3. The van der Waals surface area contributed by atoms with E-state index < -0.39 is 0 Å². The van der Waals surface area contributed by atoms with Crippen LogP contribution in [0.4, 0.5) is 5.69 Å². The topological polar surface area (TPSA) is 28.2 Å². The van der Waals surface area contributed by atoms with Crippen LogP contribution in [0.5, 0.6) is 0 Å². The zero-order valence-electron chi connectivity index (χ0n) is 12.5. The first kappa shape index (κ1) is 14.3. The Hall–Kier alpha value is -1.09. The third-order valence-electron chi connectivity index (χ3n) is 4.33. The van der Waals surface area contributed by atoms with Gasteiger partial charge in [0.05, 0.1) is 17.6 Å². The summed E-state index contributed by atoms with van der Waals surface area (Å²) in [5.41, 5.74) is 2.38. The van der Waals surface area contributed by atoms with Crippen molar-refractivity contribution in [3.05, 3.63) is 24.0 Å². The summed E-state index contributed by atoms with van der Waals surface area (Å²) in [6.45, 7) is 3.35. The highest BCUT2D eigenvalue weighted by Gasteiger charge is 2.17. The first-order valence-electron chi connectivity index (χ1n) is 7.59. The van der Waals surface area contributed by atoms with Crippen LogP contribution in [0.15, 0.2) is 18.3 Å². The number of hydrogen-bond acceptors (Lipinski definition) is 3. The number of aromatic nitrogens is 1. The predicted octanol–water partition coefficient (Wildman–Crippen LogP) is 3.38. The summed E-state index contributed by atoms with van der Waals surface area (Å²) >= 11 is 0. The van der Waals surface area contributed by atoms with Crippen LogP contribution in [0.25, 0.3) is 0 Å². The molecule has 19 heavy (non-hydrogen) atoms. The van der Waals surface area contributed by atoms with Crippen molar-refractivity contribution in [2.75, 3.05) is 25.5 Å².